The third kappa shape index (κ3) is 4.95. The van der Waals surface area contributed by atoms with E-state index in [1.807, 2.05) is 13.8 Å². The third-order valence-electron chi connectivity index (χ3n) is 5.64. The number of fused-ring (bicyclic) bond motifs is 1. The number of ether oxygens (including phenoxy) is 1. The van der Waals surface area contributed by atoms with Crippen LogP contribution >= 0.6 is 11.6 Å². The number of hydrogen-bond donors (Lipinski definition) is 2. The van der Waals surface area contributed by atoms with Crippen molar-refractivity contribution in [3.05, 3.63) is 34.5 Å². The Morgan fingerprint density at radius 3 is 2.55 bits per heavy atom. The number of aliphatic hydroxyl groups is 1. The van der Waals surface area contributed by atoms with Gasteiger partial charge in [-0.2, -0.15) is 8.78 Å². The molecule has 0 spiro atoms. The third-order valence-corrected chi connectivity index (χ3v) is 5.92. The first-order chi connectivity index (χ1) is 13.6. The van der Waals surface area contributed by atoms with Crippen molar-refractivity contribution < 1.29 is 23.4 Å². The largest absolute Gasteiger partial charge is 0.433 e. The summed E-state index contributed by atoms with van der Waals surface area (Å²) in [6.45, 7) is 2.25. The molecule has 0 atom stereocenters. The fourth-order valence-corrected chi connectivity index (χ4v) is 4.27. The normalized spacial score (nSPS) is 20.1. The molecule has 2 N–H and O–H groups in total. The standard InChI is InChI=1S/C21H25ClF2N2O3/c1-11-17-12(9-16(22)18(11)29-20(23)24)8-13(10-25-17)19(27)26-15-6-4-14(5-7-15)21(2,3)28/h8-10,14-15,20,28H,4-7H2,1-3H3,(H,26,27)/t14-,15-. The van der Waals surface area contributed by atoms with Gasteiger partial charge in [-0.1, -0.05) is 11.6 Å². The van der Waals surface area contributed by atoms with Crippen molar-refractivity contribution >= 4 is 28.4 Å². The van der Waals surface area contributed by atoms with Crippen LogP contribution in [0.5, 0.6) is 5.75 Å². The predicted molar refractivity (Wildman–Crippen MR) is 108 cm³/mol. The highest BCUT2D eigenvalue weighted by Crippen LogP contribution is 2.36. The van der Waals surface area contributed by atoms with Crippen LogP contribution in [0.3, 0.4) is 0 Å². The van der Waals surface area contributed by atoms with E-state index in [9.17, 15) is 18.7 Å². The van der Waals surface area contributed by atoms with E-state index in [-0.39, 0.29) is 28.6 Å². The number of aromatic nitrogens is 1. The van der Waals surface area contributed by atoms with Gasteiger partial charge in [0, 0.05) is 23.2 Å². The van der Waals surface area contributed by atoms with Crippen molar-refractivity contribution in [3.8, 4) is 5.75 Å². The van der Waals surface area contributed by atoms with E-state index < -0.39 is 12.2 Å². The molecule has 0 unspecified atom stereocenters. The Labute approximate surface area is 173 Å². The van der Waals surface area contributed by atoms with E-state index in [2.05, 4.69) is 15.0 Å². The quantitative estimate of drug-likeness (QED) is 0.716. The second-order valence-electron chi connectivity index (χ2n) is 8.16. The van der Waals surface area contributed by atoms with Gasteiger partial charge in [-0.15, -0.1) is 0 Å². The molecule has 1 aliphatic rings. The zero-order valence-corrected chi connectivity index (χ0v) is 17.4. The smallest absolute Gasteiger partial charge is 0.387 e. The van der Waals surface area contributed by atoms with Crippen LogP contribution in [-0.4, -0.2) is 34.3 Å². The van der Waals surface area contributed by atoms with E-state index in [1.165, 1.54) is 12.3 Å². The van der Waals surface area contributed by atoms with Crippen LogP contribution in [0.1, 0.15) is 55.5 Å². The molecule has 8 heteroatoms. The SMILES string of the molecule is Cc1c(OC(F)F)c(Cl)cc2cc(C(=O)N[C@H]3CC[C@H](C(C)(C)O)CC3)cnc12. The van der Waals surface area contributed by atoms with E-state index in [0.717, 1.165) is 25.7 Å². The minimum Gasteiger partial charge on any atom is -0.433 e. The van der Waals surface area contributed by atoms with Crippen LogP contribution in [0.15, 0.2) is 18.3 Å². The summed E-state index contributed by atoms with van der Waals surface area (Å²) in [5.74, 6) is -0.122. The molecule has 0 aliphatic heterocycles. The van der Waals surface area contributed by atoms with Gasteiger partial charge in [0.15, 0.2) is 0 Å². The molecule has 1 heterocycles. The summed E-state index contributed by atoms with van der Waals surface area (Å²) in [7, 11) is 0. The molecule has 1 fully saturated rings. The number of halogens is 3. The molecule has 1 aromatic carbocycles. The molecular weight excluding hydrogens is 402 g/mol. The average Bonchev–Trinajstić information content (AvgIpc) is 2.64. The van der Waals surface area contributed by atoms with Crippen molar-refractivity contribution in [1.29, 1.82) is 0 Å². The van der Waals surface area contributed by atoms with Gasteiger partial charge >= 0.3 is 6.61 Å². The molecular formula is C21H25ClF2N2O3. The zero-order valence-electron chi connectivity index (χ0n) is 16.6. The highest BCUT2D eigenvalue weighted by atomic mass is 35.5. The van der Waals surface area contributed by atoms with Crippen LogP contribution in [0.4, 0.5) is 8.78 Å². The second kappa shape index (κ2) is 8.40. The van der Waals surface area contributed by atoms with Gasteiger partial charge in [-0.05, 0) is 64.5 Å². The highest BCUT2D eigenvalue weighted by molar-refractivity contribution is 6.33. The predicted octanol–water partition coefficient (Wildman–Crippen LogP) is 4.86. The molecule has 2 aromatic rings. The maximum Gasteiger partial charge on any atom is 0.387 e. The van der Waals surface area contributed by atoms with Crippen molar-refractivity contribution in [2.75, 3.05) is 0 Å². The Hall–Kier alpha value is -1.99. The van der Waals surface area contributed by atoms with Gasteiger partial charge in [-0.3, -0.25) is 9.78 Å². The van der Waals surface area contributed by atoms with Gasteiger partial charge in [0.05, 0.1) is 21.7 Å². The summed E-state index contributed by atoms with van der Waals surface area (Å²) in [5, 5.41) is 13.8. The topological polar surface area (TPSA) is 71.5 Å². The van der Waals surface area contributed by atoms with Gasteiger partial charge in [0.1, 0.15) is 5.75 Å². The van der Waals surface area contributed by atoms with E-state index in [4.69, 9.17) is 11.6 Å². The second-order valence-corrected chi connectivity index (χ2v) is 8.57. The summed E-state index contributed by atoms with van der Waals surface area (Å²) in [6, 6.07) is 3.16. The number of pyridine rings is 1. The molecule has 1 aliphatic carbocycles. The molecule has 0 radical (unpaired) electrons. The molecule has 0 saturated heterocycles. The summed E-state index contributed by atoms with van der Waals surface area (Å²) >= 11 is 6.08. The molecule has 3 rings (SSSR count). The lowest BCUT2D eigenvalue weighted by Crippen LogP contribution is -2.41. The fourth-order valence-electron chi connectivity index (χ4n) is 3.96. The summed E-state index contributed by atoms with van der Waals surface area (Å²) in [4.78, 5) is 16.9. The Morgan fingerprint density at radius 1 is 1.31 bits per heavy atom. The minimum absolute atomic E-state index is 0.0413. The molecule has 5 nitrogen and oxygen atoms in total. The maximum atomic E-state index is 12.7. The zero-order chi connectivity index (χ0) is 21.3. The Balaban J connectivity index is 1.74. The lowest BCUT2D eigenvalue weighted by atomic mass is 9.77. The summed E-state index contributed by atoms with van der Waals surface area (Å²) < 4.78 is 29.7. The monoisotopic (exact) mass is 426 g/mol. The van der Waals surface area contributed by atoms with E-state index in [1.54, 1.807) is 13.0 Å². The van der Waals surface area contributed by atoms with Crippen molar-refractivity contribution in [2.45, 2.75) is 64.7 Å². The van der Waals surface area contributed by atoms with E-state index in [0.29, 0.717) is 22.0 Å². The number of aryl methyl sites for hydroxylation is 1. The lowest BCUT2D eigenvalue weighted by Gasteiger charge is -2.36. The molecule has 1 saturated carbocycles. The number of nitrogens with one attached hydrogen (secondary N) is 1. The van der Waals surface area contributed by atoms with Gasteiger partial charge < -0.3 is 15.2 Å². The summed E-state index contributed by atoms with van der Waals surface area (Å²) in [5.41, 5.74) is 0.512. The molecule has 1 amide bonds. The lowest BCUT2D eigenvalue weighted by molar-refractivity contribution is -0.0501. The number of hydrogen-bond acceptors (Lipinski definition) is 4. The Morgan fingerprint density at radius 2 is 1.97 bits per heavy atom. The fraction of sp³-hybridized carbons (Fsp3) is 0.524. The van der Waals surface area contributed by atoms with Crippen molar-refractivity contribution in [2.24, 2.45) is 5.92 Å². The van der Waals surface area contributed by atoms with E-state index >= 15 is 0 Å². The maximum absolute atomic E-state index is 12.7. The van der Waals surface area contributed by atoms with Crippen LogP contribution in [0.25, 0.3) is 10.9 Å². The molecule has 158 valence electrons. The number of alkyl halides is 2. The van der Waals surface area contributed by atoms with Gasteiger partial charge in [-0.25, -0.2) is 0 Å². The Bertz CT molecular complexity index is 907. The van der Waals surface area contributed by atoms with Crippen LogP contribution in [0.2, 0.25) is 5.02 Å². The van der Waals surface area contributed by atoms with Crippen LogP contribution < -0.4 is 10.1 Å². The first-order valence-electron chi connectivity index (χ1n) is 9.63. The number of nitrogens with zero attached hydrogens (tertiary/aromatic N) is 1. The highest BCUT2D eigenvalue weighted by Gasteiger charge is 2.31. The van der Waals surface area contributed by atoms with Gasteiger partial charge in [0.2, 0.25) is 0 Å². The molecule has 29 heavy (non-hydrogen) atoms. The average molecular weight is 427 g/mol. The van der Waals surface area contributed by atoms with Crippen LogP contribution in [0, 0.1) is 12.8 Å². The number of rotatable bonds is 5. The van der Waals surface area contributed by atoms with Gasteiger partial charge in [0.25, 0.3) is 5.91 Å². The minimum atomic E-state index is -2.99. The first kappa shape index (κ1) is 21.7. The Kier molecular flexibility index (Phi) is 6.29. The van der Waals surface area contributed by atoms with Crippen molar-refractivity contribution in [3.63, 3.8) is 0 Å². The number of amides is 1. The number of benzene rings is 1. The molecule has 1 aromatic heterocycles. The number of carbonyl (C=O) groups is 1. The summed E-state index contributed by atoms with van der Waals surface area (Å²) in [6.07, 6.45) is 4.74. The van der Waals surface area contributed by atoms with Crippen LogP contribution in [-0.2, 0) is 0 Å². The number of carbonyl (C=O) groups excluding carboxylic acids is 1. The molecule has 0 bridgehead atoms. The first-order valence-corrected chi connectivity index (χ1v) is 10.0. The van der Waals surface area contributed by atoms with Crippen molar-refractivity contribution in [1.82, 2.24) is 10.3 Å².